The van der Waals surface area contributed by atoms with Gasteiger partial charge in [-0.15, -0.1) is 0 Å². The molecule has 4 nitrogen and oxygen atoms in total. The molecule has 0 aromatic rings. The van der Waals surface area contributed by atoms with Crippen molar-refractivity contribution in [3.63, 3.8) is 0 Å². The van der Waals surface area contributed by atoms with Crippen LogP contribution in [0.1, 0.15) is 19.3 Å². The zero-order chi connectivity index (χ0) is 8.36. The van der Waals surface area contributed by atoms with Gasteiger partial charge < -0.3 is 9.68 Å². The van der Waals surface area contributed by atoms with Gasteiger partial charge in [-0.1, -0.05) is 10.3 Å². The number of unbranched alkanes of at least 4 members (excludes halogenated alkanes) is 2. The molecule has 0 fully saturated rings. The third kappa shape index (κ3) is 8.94. The first-order chi connectivity index (χ1) is 5.41. The zero-order valence-corrected chi connectivity index (χ0v) is 6.99. The third-order valence-electron chi connectivity index (χ3n) is 1.03. The molecule has 0 bridgehead atoms. The van der Waals surface area contributed by atoms with Crippen molar-refractivity contribution in [2.75, 3.05) is 14.2 Å². The van der Waals surface area contributed by atoms with Crippen molar-refractivity contribution < 1.29 is 9.68 Å². The van der Waals surface area contributed by atoms with Crippen LogP contribution in [0.4, 0.5) is 0 Å². The summed E-state index contributed by atoms with van der Waals surface area (Å²) in [6.07, 6.45) is 6.30. The van der Waals surface area contributed by atoms with Crippen LogP contribution < -0.4 is 0 Å². The molecule has 0 N–H and O–H groups in total. The van der Waals surface area contributed by atoms with Crippen LogP contribution in [-0.4, -0.2) is 26.6 Å². The van der Waals surface area contributed by atoms with E-state index in [9.17, 15) is 0 Å². The summed E-state index contributed by atoms with van der Waals surface area (Å²) < 4.78 is 0. The number of hydrogen-bond acceptors (Lipinski definition) is 4. The largest absolute Gasteiger partial charge is 0.399 e. The summed E-state index contributed by atoms with van der Waals surface area (Å²) in [6.45, 7) is 0. The molecule has 0 saturated carbocycles. The van der Waals surface area contributed by atoms with E-state index in [4.69, 9.17) is 0 Å². The average molecular weight is 158 g/mol. The van der Waals surface area contributed by atoms with Crippen molar-refractivity contribution >= 4 is 12.4 Å². The Morgan fingerprint density at radius 1 is 1.00 bits per heavy atom. The average Bonchev–Trinajstić information content (AvgIpc) is 2.03. The highest BCUT2D eigenvalue weighted by atomic mass is 16.6. The molecule has 0 spiro atoms. The van der Waals surface area contributed by atoms with Gasteiger partial charge in [0, 0.05) is 12.4 Å². The molecule has 0 amide bonds. The Hall–Kier alpha value is -1.06. The maximum absolute atomic E-state index is 4.48. The minimum Gasteiger partial charge on any atom is -0.399 e. The predicted molar refractivity (Wildman–Crippen MR) is 44.9 cm³/mol. The standard InChI is InChI=1S/C7H14N2O2/c1-10-8-6-4-3-5-7-9-11-2/h6-7H,3-5H2,1-2H3. The topological polar surface area (TPSA) is 43.2 Å². The first kappa shape index (κ1) is 9.94. The Kier molecular flexibility index (Phi) is 8.08. The van der Waals surface area contributed by atoms with Crippen molar-refractivity contribution in [1.29, 1.82) is 0 Å². The van der Waals surface area contributed by atoms with Crippen molar-refractivity contribution in [3.05, 3.63) is 0 Å². The number of rotatable bonds is 6. The summed E-state index contributed by atoms with van der Waals surface area (Å²) in [4.78, 5) is 8.96. The van der Waals surface area contributed by atoms with Gasteiger partial charge in [0.05, 0.1) is 0 Å². The summed E-state index contributed by atoms with van der Waals surface area (Å²) in [6, 6.07) is 0. The third-order valence-corrected chi connectivity index (χ3v) is 1.03. The van der Waals surface area contributed by atoms with Crippen molar-refractivity contribution in [2.45, 2.75) is 19.3 Å². The Morgan fingerprint density at radius 2 is 1.45 bits per heavy atom. The van der Waals surface area contributed by atoms with Crippen LogP contribution in [0.25, 0.3) is 0 Å². The predicted octanol–water partition coefficient (Wildman–Crippen LogP) is 1.42. The second kappa shape index (κ2) is 8.94. The van der Waals surface area contributed by atoms with Gasteiger partial charge in [0.25, 0.3) is 0 Å². The van der Waals surface area contributed by atoms with E-state index in [0.717, 1.165) is 19.3 Å². The molecule has 0 aromatic heterocycles. The van der Waals surface area contributed by atoms with Crippen LogP contribution in [0.15, 0.2) is 10.3 Å². The molecule has 0 aliphatic heterocycles. The van der Waals surface area contributed by atoms with Gasteiger partial charge in [-0.2, -0.15) is 0 Å². The van der Waals surface area contributed by atoms with E-state index in [0.29, 0.717) is 0 Å². The second-order valence-electron chi connectivity index (χ2n) is 1.87. The Morgan fingerprint density at radius 3 is 1.82 bits per heavy atom. The first-order valence-corrected chi connectivity index (χ1v) is 3.51. The molecule has 0 aliphatic rings. The van der Waals surface area contributed by atoms with Gasteiger partial charge in [0.15, 0.2) is 0 Å². The fraction of sp³-hybridized carbons (Fsp3) is 0.714. The van der Waals surface area contributed by atoms with E-state index in [-0.39, 0.29) is 0 Å². The van der Waals surface area contributed by atoms with E-state index in [1.807, 2.05) is 0 Å². The molecule has 0 unspecified atom stereocenters. The summed E-state index contributed by atoms with van der Waals surface area (Å²) in [5.74, 6) is 0. The lowest BCUT2D eigenvalue weighted by Gasteiger charge is -1.88. The minimum atomic E-state index is 0.906. The normalized spacial score (nSPS) is 11.1. The highest BCUT2D eigenvalue weighted by molar-refractivity contribution is 5.59. The fourth-order valence-corrected chi connectivity index (χ4v) is 0.555. The van der Waals surface area contributed by atoms with E-state index >= 15 is 0 Å². The van der Waals surface area contributed by atoms with Gasteiger partial charge >= 0.3 is 0 Å². The fourth-order valence-electron chi connectivity index (χ4n) is 0.555. The van der Waals surface area contributed by atoms with Crippen LogP contribution in [0.2, 0.25) is 0 Å². The van der Waals surface area contributed by atoms with Crippen LogP contribution in [0.3, 0.4) is 0 Å². The molecular weight excluding hydrogens is 144 g/mol. The Balaban J connectivity index is 3.02. The van der Waals surface area contributed by atoms with Crippen LogP contribution >= 0.6 is 0 Å². The van der Waals surface area contributed by atoms with E-state index in [1.54, 1.807) is 12.4 Å². The van der Waals surface area contributed by atoms with E-state index in [1.165, 1.54) is 14.2 Å². The van der Waals surface area contributed by atoms with Gasteiger partial charge in [-0.25, -0.2) is 0 Å². The lowest BCUT2D eigenvalue weighted by atomic mass is 10.3. The van der Waals surface area contributed by atoms with Crippen LogP contribution in [0, 0.1) is 0 Å². The SMILES string of the molecule is CON=CCCCC=NOC. The maximum atomic E-state index is 4.48. The van der Waals surface area contributed by atoms with Crippen LogP contribution in [0.5, 0.6) is 0 Å². The Bertz CT molecular complexity index is 110. The molecule has 0 heterocycles. The quantitative estimate of drug-likeness (QED) is 0.333. The molecule has 0 rings (SSSR count). The van der Waals surface area contributed by atoms with E-state index in [2.05, 4.69) is 20.0 Å². The molecule has 4 heteroatoms. The molecule has 0 radical (unpaired) electrons. The molecule has 0 saturated heterocycles. The highest BCUT2D eigenvalue weighted by Crippen LogP contribution is 1.89. The summed E-state index contributed by atoms with van der Waals surface area (Å²) in [7, 11) is 3.06. The van der Waals surface area contributed by atoms with Crippen molar-refractivity contribution in [1.82, 2.24) is 0 Å². The lowest BCUT2D eigenvalue weighted by Crippen LogP contribution is -1.81. The van der Waals surface area contributed by atoms with Crippen LogP contribution in [-0.2, 0) is 9.68 Å². The number of hydrogen-bond donors (Lipinski definition) is 0. The zero-order valence-electron chi connectivity index (χ0n) is 6.99. The maximum Gasteiger partial charge on any atom is 0.106 e. The number of nitrogens with zero attached hydrogens (tertiary/aromatic N) is 2. The summed E-state index contributed by atoms with van der Waals surface area (Å²) in [5, 5.41) is 7.18. The molecule has 64 valence electrons. The summed E-state index contributed by atoms with van der Waals surface area (Å²) in [5.41, 5.74) is 0. The van der Waals surface area contributed by atoms with Crippen molar-refractivity contribution in [3.8, 4) is 0 Å². The second-order valence-corrected chi connectivity index (χ2v) is 1.87. The van der Waals surface area contributed by atoms with Gasteiger partial charge in [-0.05, 0) is 19.3 Å². The smallest absolute Gasteiger partial charge is 0.106 e. The first-order valence-electron chi connectivity index (χ1n) is 3.51. The summed E-state index contributed by atoms with van der Waals surface area (Å²) >= 11 is 0. The van der Waals surface area contributed by atoms with Gasteiger partial charge in [-0.3, -0.25) is 0 Å². The molecular formula is C7H14N2O2. The lowest BCUT2D eigenvalue weighted by molar-refractivity contribution is 0.214. The van der Waals surface area contributed by atoms with Gasteiger partial charge in [0.1, 0.15) is 14.2 Å². The minimum absolute atomic E-state index is 0.906. The van der Waals surface area contributed by atoms with Gasteiger partial charge in [0.2, 0.25) is 0 Å². The monoisotopic (exact) mass is 158 g/mol. The Labute approximate surface area is 66.9 Å². The van der Waals surface area contributed by atoms with E-state index < -0.39 is 0 Å². The molecule has 11 heavy (non-hydrogen) atoms. The van der Waals surface area contributed by atoms with Crippen molar-refractivity contribution in [2.24, 2.45) is 10.3 Å². The molecule has 0 atom stereocenters. The highest BCUT2D eigenvalue weighted by Gasteiger charge is 1.81. The molecule has 0 aromatic carbocycles. The molecule has 0 aliphatic carbocycles. The number of oxime groups is 2.